The summed E-state index contributed by atoms with van der Waals surface area (Å²) in [7, 11) is 0. The van der Waals surface area contributed by atoms with Crippen LogP contribution in [0.5, 0.6) is 0 Å². The summed E-state index contributed by atoms with van der Waals surface area (Å²) in [5.74, 6) is -1.99. The number of carbonyl (C=O) groups is 3. The van der Waals surface area contributed by atoms with Gasteiger partial charge in [-0.25, -0.2) is 4.79 Å². The van der Waals surface area contributed by atoms with E-state index in [9.17, 15) is 24.5 Å². The predicted molar refractivity (Wildman–Crippen MR) is 109 cm³/mol. The number of carboxylic acids is 1. The molecule has 0 bridgehead atoms. The number of nitro groups is 1. The second kappa shape index (κ2) is 8.65. The van der Waals surface area contributed by atoms with Crippen molar-refractivity contribution in [3.8, 4) is 0 Å². The number of rotatable bonds is 6. The van der Waals surface area contributed by atoms with Gasteiger partial charge in [0.2, 0.25) is 0 Å². The quantitative estimate of drug-likeness (QED) is 0.421. The van der Waals surface area contributed by atoms with E-state index in [0.717, 1.165) is 0 Å². The van der Waals surface area contributed by atoms with Crippen molar-refractivity contribution in [1.29, 1.82) is 0 Å². The van der Waals surface area contributed by atoms with E-state index in [1.54, 1.807) is 0 Å². The zero-order valence-electron chi connectivity index (χ0n) is 15.4. The molecule has 0 atom stereocenters. The Hall–Kier alpha value is -4.53. The van der Waals surface area contributed by atoms with Crippen LogP contribution in [0.1, 0.15) is 31.1 Å². The Kier molecular flexibility index (Phi) is 5.83. The molecular formula is C21H15N3O6. The lowest BCUT2D eigenvalue weighted by Crippen LogP contribution is -2.14. The van der Waals surface area contributed by atoms with E-state index in [1.165, 1.54) is 72.8 Å². The number of hydrogen-bond acceptors (Lipinski definition) is 5. The fourth-order valence-corrected chi connectivity index (χ4v) is 2.57. The first kappa shape index (κ1) is 20.2. The molecule has 0 saturated carbocycles. The van der Waals surface area contributed by atoms with Crippen LogP contribution in [0.3, 0.4) is 0 Å². The molecule has 0 aliphatic rings. The summed E-state index contributed by atoms with van der Waals surface area (Å²) in [6.07, 6.45) is 0. The van der Waals surface area contributed by atoms with Crippen LogP contribution in [0, 0.1) is 10.1 Å². The molecule has 0 fully saturated rings. The molecule has 2 amide bonds. The molecule has 3 aromatic rings. The Balaban J connectivity index is 1.64. The summed E-state index contributed by atoms with van der Waals surface area (Å²) in [6.45, 7) is 0. The van der Waals surface area contributed by atoms with Crippen LogP contribution in [0.4, 0.5) is 17.1 Å². The van der Waals surface area contributed by atoms with Gasteiger partial charge in [0, 0.05) is 34.6 Å². The minimum absolute atomic E-state index is 0.108. The third-order valence-electron chi connectivity index (χ3n) is 4.11. The summed E-state index contributed by atoms with van der Waals surface area (Å²) in [4.78, 5) is 45.7. The molecule has 9 heteroatoms. The van der Waals surface area contributed by atoms with Gasteiger partial charge in [0.15, 0.2) is 0 Å². The molecule has 30 heavy (non-hydrogen) atoms. The molecule has 150 valence electrons. The van der Waals surface area contributed by atoms with Crippen LogP contribution in [-0.2, 0) is 0 Å². The molecular weight excluding hydrogens is 390 g/mol. The standard InChI is InChI=1S/C21H15N3O6/c25-19(22-17-10-6-14(7-11-17)21(27)28)13-4-8-16(9-5-13)23-20(26)15-2-1-3-18(12-15)24(29)30/h1-12H,(H,22,25)(H,23,26)(H,27,28). The molecule has 3 N–H and O–H groups in total. The van der Waals surface area contributed by atoms with Gasteiger partial charge in [0.05, 0.1) is 10.5 Å². The smallest absolute Gasteiger partial charge is 0.335 e. The molecule has 0 aliphatic heterocycles. The number of carboxylic acid groups (broad SMARTS) is 1. The molecule has 9 nitrogen and oxygen atoms in total. The van der Waals surface area contributed by atoms with Gasteiger partial charge >= 0.3 is 5.97 Å². The summed E-state index contributed by atoms with van der Waals surface area (Å²) in [6, 6.07) is 17.1. The summed E-state index contributed by atoms with van der Waals surface area (Å²) in [5.41, 5.74) is 1.23. The van der Waals surface area contributed by atoms with Gasteiger partial charge in [0.1, 0.15) is 0 Å². The SMILES string of the molecule is O=C(O)c1ccc(NC(=O)c2ccc(NC(=O)c3cccc([N+](=O)[O-])c3)cc2)cc1. The fourth-order valence-electron chi connectivity index (χ4n) is 2.57. The average Bonchev–Trinajstić information content (AvgIpc) is 2.74. The summed E-state index contributed by atoms with van der Waals surface area (Å²) in [5, 5.41) is 25.0. The number of benzene rings is 3. The minimum atomic E-state index is -1.06. The zero-order chi connectivity index (χ0) is 21.7. The van der Waals surface area contributed by atoms with Crippen molar-refractivity contribution in [3.63, 3.8) is 0 Å². The van der Waals surface area contributed by atoms with Crippen molar-refractivity contribution in [2.45, 2.75) is 0 Å². The first-order valence-corrected chi connectivity index (χ1v) is 8.64. The van der Waals surface area contributed by atoms with Crippen LogP contribution >= 0.6 is 0 Å². The number of amides is 2. The third kappa shape index (κ3) is 4.84. The van der Waals surface area contributed by atoms with Crippen LogP contribution < -0.4 is 10.6 Å². The number of non-ortho nitro benzene ring substituents is 1. The van der Waals surface area contributed by atoms with Crippen molar-refractivity contribution in [2.24, 2.45) is 0 Å². The maximum atomic E-state index is 12.3. The molecule has 3 rings (SSSR count). The van der Waals surface area contributed by atoms with E-state index >= 15 is 0 Å². The maximum absolute atomic E-state index is 12.3. The lowest BCUT2D eigenvalue weighted by Gasteiger charge is -2.08. The van der Waals surface area contributed by atoms with Gasteiger partial charge < -0.3 is 15.7 Å². The number of anilines is 2. The fraction of sp³-hybridized carbons (Fsp3) is 0. The molecule has 0 unspecified atom stereocenters. The number of aromatic carboxylic acids is 1. The van der Waals surface area contributed by atoms with E-state index in [4.69, 9.17) is 5.11 Å². The predicted octanol–water partition coefficient (Wildman–Crippen LogP) is 3.80. The van der Waals surface area contributed by atoms with Crippen molar-refractivity contribution < 1.29 is 24.4 Å². The molecule has 0 radical (unpaired) electrons. The van der Waals surface area contributed by atoms with Crippen molar-refractivity contribution in [1.82, 2.24) is 0 Å². The van der Waals surface area contributed by atoms with Crippen LogP contribution in [0.25, 0.3) is 0 Å². The van der Waals surface area contributed by atoms with Crippen molar-refractivity contribution in [3.05, 3.63) is 99.6 Å². The van der Waals surface area contributed by atoms with Crippen molar-refractivity contribution >= 4 is 34.8 Å². The number of carbonyl (C=O) groups excluding carboxylic acids is 2. The highest BCUT2D eigenvalue weighted by atomic mass is 16.6. The average molecular weight is 405 g/mol. The second-order valence-corrected chi connectivity index (χ2v) is 6.18. The zero-order valence-corrected chi connectivity index (χ0v) is 15.4. The van der Waals surface area contributed by atoms with Gasteiger partial charge in [-0.1, -0.05) is 6.07 Å². The van der Waals surface area contributed by atoms with Gasteiger partial charge in [0.25, 0.3) is 17.5 Å². The van der Waals surface area contributed by atoms with E-state index in [2.05, 4.69) is 10.6 Å². The molecule has 0 aliphatic carbocycles. The van der Waals surface area contributed by atoms with Gasteiger partial charge in [-0.2, -0.15) is 0 Å². The Labute approximate surface area is 170 Å². The summed E-state index contributed by atoms with van der Waals surface area (Å²) < 4.78 is 0. The van der Waals surface area contributed by atoms with Gasteiger partial charge in [-0.3, -0.25) is 19.7 Å². The maximum Gasteiger partial charge on any atom is 0.335 e. The highest BCUT2D eigenvalue weighted by molar-refractivity contribution is 6.06. The van der Waals surface area contributed by atoms with Crippen LogP contribution in [-0.4, -0.2) is 27.8 Å². The second-order valence-electron chi connectivity index (χ2n) is 6.18. The molecule has 3 aromatic carbocycles. The normalized spacial score (nSPS) is 10.1. The highest BCUT2D eigenvalue weighted by Gasteiger charge is 2.12. The third-order valence-corrected chi connectivity index (χ3v) is 4.11. The largest absolute Gasteiger partial charge is 0.478 e. The first-order valence-electron chi connectivity index (χ1n) is 8.64. The molecule has 0 spiro atoms. The lowest BCUT2D eigenvalue weighted by atomic mass is 10.1. The Morgan fingerprint density at radius 2 is 1.23 bits per heavy atom. The van der Waals surface area contributed by atoms with Gasteiger partial charge in [-0.05, 0) is 54.6 Å². The number of nitro benzene ring substituents is 1. The van der Waals surface area contributed by atoms with Crippen LogP contribution in [0.15, 0.2) is 72.8 Å². The van der Waals surface area contributed by atoms with Gasteiger partial charge in [-0.15, -0.1) is 0 Å². The van der Waals surface area contributed by atoms with E-state index in [-0.39, 0.29) is 16.8 Å². The topological polar surface area (TPSA) is 139 Å². The summed E-state index contributed by atoms with van der Waals surface area (Å²) >= 11 is 0. The Morgan fingerprint density at radius 3 is 1.73 bits per heavy atom. The van der Waals surface area contributed by atoms with Crippen LogP contribution in [0.2, 0.25) is 0 Å². The van der Waals surface area contributed by atoms with Crippen molar-refractivity contribution in [2.75, 3.05) is 10.6 Å². The van der Waals surface area contributed by atoms with E-state index in [1.807, 2.05) is 0 Å². The Morgan fingerprint density at radius 1 is 0.733 bits per heavy atom. The molecule has 0 aromatic heterocycles. The monoisotopic (exact) mass is 405 g/mol. The highest BCUT2D eigenvalue weighted by Crippen LogP contribution is 2.17. The minimum Gasteiger partial charge on any atom is -0.478 e. The van der Waals surface area contributed by atoms with E-state index < -0.39 is 22.7 Å². The number of nitrogens with zero attached hydrogens (tertiary/aromatic N) is 1. The number of hydrogen-bond donors (Lipinski definition) is 3. The molecule has 0 saturated heterocycles. The van der Waals surface area contributed by atoms with E-state index in [0.29, 0.717) is 16.9 Å². The Bertz CT molecular complexity index is 1120. The number of nitrogens with one attached hydrogen (secondary N) is 2. The molecule has 0 heterocycles. The first-order chi connectivity index (χ1) is 14.3. The lowest BCUT2D eigenvalue weighted by molar-refractivity contribution is -0.384.